The van der Waals surface area contributed by atoms with Gasteiger partial charge in [0.2, 0.25) is 0 Å². The summed E-state index contributed by atoms with van der Waals surface area (Å²) in [6, 6.07) is 6.89. The van der Waals surface area contributed by atoms with E-state index in [2.05, 4.69) is 0 Å². The number of nitriles is 2. The Morgan fingerprint density at radius 1 is 1.37 bits per heavy atom. The van der Waals surface area contributed by atoms with Crippen LogP contribution in [0.25, 0.3) is 0 Å². The number of amides is 1. The molecule has 0 saturated carbocycles. The Bertz CT molecular complexity index is 587. The first kappa shape index (κ1) is 14.4. The van der Waals surface area contributed by atoms with E-state index in [1.54, 1.807) is 12.1 Å². The van der Waals surface area contributed by atoms with Crippen LogP contribution in [0.3, 0.4) is 0 Å². The number of rotatable bonds is 4. The summed E-state index contributed by atoms with van der Waals surface area (Å²) in [4.78, 5) is 22.9. The van der Waals surface area contributed by atoms with Crippen LogP contribution in [0.2, 0.25) is 5.02 Å². The SMILES string of the molecule is N#CCN(CC#N)C(=O)c1ccc([N+](=O)[O-])cc1Cl. The zero-order chi connectivity index (χ0) is 14.4. The number of nitro groups is 1. The van der Waals surface area contributed by atoms with Crippen molar-refractivity contribution in [1.29, 1.82) is 10.5 Å². The zero-order valence-electron chi connectivity index (χ0n) is 9.54. The maximum atomic E-state index is 12.0. The van der Waals surface area contributed by atoms with Crippen LogP contribution in [0.5, 0.6) is 0 Å². The third-order valence-electron chi connectivity index (χ3n) is 2.20. The number of carbonyl (C=O) groups is 1. The molecule has 1 aromatic rings. The van der Waals surface area contributed by atoms with Gasteiger partial charge in [0.25, 0.3) is 11.6 Å². The summed E-state index contributed by atoms with van der Waals surface area (Å²) in [6.45, 7) is -0.528. The third kappa shape index (κ3) is 3.41. The Labute approximate surface area is 113 Å². The van der Waals surface area contributed by atoms with Crippen molar-refractivity contribution in [2.45, 2.75) is 0 Å². The number of nitro benzene ring substituents is 1. The summed E-state index contributed by atoms with van der Waals surface area (Å²) in [5.74, 6) is -0.622. The van der Waals surface area contributed by atoms with Crippen molar-refractivity contribution >= 4 is 23.2 Å². The van der Waals surface area contributed by atoms with Crippen LogP contribution in [0.1, 0.15) is 10.4 Å². The van der Waals surface area contributed by atoms with Gasteiger partial charge in [0, 0.05) is 12.1 Å². The number of carbonyl (C=O) groups excluding carboxylic acids is 1. The van der Waals surface area contributed by atoms with Crippen LogP contribution in [0.4, 0.5) is 5.69 Å². The molecule has 96 valence electrons. The molecule has 0 aliphatic heterocycles. The summed E-state index contributed by atoms with van der Waals surface area (Å²) >= 11 is 5.79. The van der Waals surface area contributed by atoms with E-state index in [1.165, 1.54) is 6.07 Å². The molecule has 0 N–H and O–H groups in total. The highest BCUT2D eigenvalue weighted by Crippen LogP contribution is 2.23. The Kier molecular flexibility index (Phi) is 4.81. The van der Waals surface area contributed by atoms with E-state index in [1.807, 2.05) is 0 Å². The van der Waals surface area contributed by atoms with Crippen molar-refractivity contribution in [2.75, 3.05) is 13.1 Å². The lowest BCUT2D eigenvalue weighted by molar-refractivity contribution is -0.384. The first-order valence-electron chi connectivity index (χ1n) is 4.98. The maximum absolute atomic E-state index is 12.0. The van der Waals surface area contributed by atoms with Gasteiger partial charge in [0.1, 0.15) is 13.1 Å². The third-order valence-corrected chi connectivity index (χ3v) is 2.52. The molecule has 1 rings (SSSR count). The molecular formula is C11H7ClN4O3. The quantitative estimate of drug-likeness (QED) is 0.473. The minimum atomic E-state index is -0.636. The molecule has 19 heavy (non-hydrogen) atoms. The normalized spacial score (nSPS) is 9.21. The molecule has 0 spiro atoms. The summed E-state index contributed by atoms with van der Waals surface area (Å²) < 4.78 is 0. The molecule has 0 atom stereocenters. The minimum Gasteiger partial charge on any atom is -0.312 e. The molecule has 0 saturated heterocycles. The van der Waals surface area contributed by atoms with E-state index in [4.69, 9.17) is 22.1 Å². The van der Waals surface area contributed by atoms with Gasteiger partial charge in [-0.2, -0.15) is 10.5 Å². The van der Waals surface area contributed by atoms with Crippen LogP contribution in [-0.2, 0) is 0 Å². The lowest BCUT2D eigenvalue weighted by Crippen LogP contribution is -2.32. The lowest BCUT2D eigenvalue weighted by Gasteiger charge is -2.16. The summed E-state index contributed by atoms with van der Waals surface area (Å²) in [5.41, 5.74) is -0.230. The monoisotopic (exact) mass is 278 g/mol. The maximum Gasteiger partial charge on any atom is 0.270 e. The van der Waals surface area contributed by atoms with Crippen molar-refractivity contribution in [3.8, 4) is 12.1 Å². The molecular weight excluding hydrogens is 272 g/mol. The van der Waals surface area contributed by atoms with Gasteiger partial charge in [0.05, 0.1) is 27.6 Å². The van der Waals surface area contributed by atoms with Gasteiger partial charge in [-0.05, 0) is 6.07 Å². The second kappa shape index (κ2) is 6.34. The number of non-ortho nitro benzene ring substituents is 1. The van der Waals surface area contributed by atoms with Crippen LogP contribution in [0.15, 0.2) is 18.2 Å². The van der Waals surface area contributed by atoms with Gasteiger partial charge in [-0.1, -0.05) is 11.6 Å². The molecule has 0 radical (unpaired) electrons. The Morgan fingerprint density at radius 2 is 1.95 bits per heavy atom. The van der Waals surface area contributed by atoms with Crippen LogP contribution in [0, 0.1) is 32.8 Å². The van der Waals surface area contributed by atoms with E-state index in [0.29, 0.717) is 0 Å². The highest BCUT2D eigenvalue weighted by molar-refractivity contribution is 6.34. The Morgan fingerprint density at radius 3 is 2.37 bits per heavy atom. The molecule has 0 fully saturated rings. The van der Waals surface area contributed by atoms with Crippen LogP contribution < -0.4 is 0 Å². The predicted molar refractivity (Wildman–Crippen MR) is 65.2 cm³/mol. The average Bonchev–Trinajstić information content (AvgIpc) is 2.37. The highest BCUT2D eigenvalue weighted by Gasteiger charge is 2.20. The van der Waals surface area contributed by atoms with Gasteiger partial charge in [-0.15, -0.1) is 0 Å². The van der Waals surface area contributed by atoms with Gasteiger partial charge >= 0.3 is 0 Å². The molecule has 1 aromatic carbocycles. The van der Waals surface area contributed by atoms with Gasteiger partial charge in [-0.25, -0.2) is 0 Å². The Hall–Kier alpha value is -2.64. The largest absolute Gasteiger partial charge is 0.312 e. The van der Waals surface area contributed by atoms with Crippen molar-refractivity contribution in [2.24, 2.45) is 0 Å². The molecule has 0 aliphatic rings. The number of nitrogens with zero attached hydrogens (tertiary/aromatic N) is 4. The second-order valence-electron chi connectivity index (χ2n) is 3.40. The molecule has 0 bridgehead atoms. The smallest absolute Gasteiger partial charge is 0.270 e. The highest BCUT2D eigenvalue weighted by atomic mass is 35.5. The predicted octanol–water partition coefficient (Wildman–Crippen LogP) is 1.74. The summed E-state index contributed by atoms with van der Waals surface area (Å²) in [7, 11) is 0. The van der Waals surface area contributed by atoms with Crippen molar-refractivity contribution in [3.63, 3.8) is 0 Å². The lowest BCUT2D eigenvalue weighted by atomic mass is 10.1. The summed E-state index contributed by atoms with van der Waals surface area (Å²) in [5, 5.41) is 27.6. The molecule has 1 amide bonds. The van der Waals surface area contributed by atoms with E-state index >= 15 is 0 Å². The molecule has 7 nitrogen and oxygen atoms in total. The van der Waals surface area contributed by atoms with Crippen molar-refractivity contribution < 1.29 is 9.72 Å². The fourth-order valence-corrected chi connectivity index (χ4v) is 1.59. The molecule has 0 unspecified atom stereocenters. The van der Waals surface area contributed by atoms with Gasteiger partial charge in [0.15, 0.2) is 0 Å². The number of benzene rings is 1. The van der Waals surface area contributed by atoms with Gasteiger partial charge < -0.3 is 4.90 Å². The first-order chi connectivity index (χ1) is 9.01. The number of hydrogen-bond acceptors (Lipinski definition) is 5. The van der Waals surface area contributed by atoms with Crippen LogP contribution >= 0.6 is 11.6 Å². The fraction of sp³-hybridized carbons (Fsp3) is 0.182. The molecule has 0 heterocycles. The topological polar surface area (TPSA) is 111 Å². The van der Waals surface area contributed by atoms with E-state index in [-0.39, 0.29) is 29.4 Å². The van der Waals surface area contributed by atoms with Crippen LogP contribution in [-0.4, -0.2) is 28.8 Å². The van der Waals surface area contributed by atoms with Gasteiger partial charge in [-0.3, -0.25) is 14.9 Å². The van der Waals surface area contributed by atoms with E-state index in [0.717, 1.165) is 17.0 Å². The molecule has 0 aliphatic carbocycles. The first-order valence-corrected chi connectivity index (χ1v) is 5.36. The summed E-state index contributed by atoms with van der Waals surface area (Å²) in [6.07, 6.45) is 0. The number of halogens is 1. The van der Waals surface area contributed by atoms with E-state index < -0.39 is 10.8 Å². The van der Waals surface area contributed by atoms with Crippen molar-refractivity contribution in [3.05, 3.63) is 38.9 Å². The standard InChI is InChI=1S/C11H7ClN4O3/c12-10-7-8(16(18)19)1-2-9(10)11(17)15(5-3-13)6-4-14/h1-2,7H,5-6H2. The molecule has 0 aromatic heterocycles. The Balaban J connectivity index is 3.09. The number of hydrogen-bond donors (Lipinski definition) is 0. The van der Waals surface area contributed by atoms with E-state index in [9.17, 15) is 14.9 Å². The zero-order valence-corrected chi connectivity index (χ0v) is 10.3. The fourth-order valence-electron chi connectivity index (χ4n) is 1.33. The second-order valence-corrected chi connectivity index (χ2v) is 3.81. The minimum absolute atomic E-state index is 0.0118. The average molecular weight is 279 g/mol. The molecule has 8 heteroatoms. The van der Waals surface area contributed by atoms with Crippen molar-refractivity contribution in [1.82, 2.24) is 4.90 Å².